The number of para-hydroxylation sites is 2. The average molecular weight is 429 g/mol. The lowest BCUT2D eigenvalue weighted by molar-refractivity contribution is -0.135. The number of nitriles is 2. The first kappa shape index (κ1) is 21.9. The Kier molecular flexibility index (Phi) is 7.02. The molecule has 0 aliphatic rings. The number of hydrogen-bond donors (Lipinski definition) is 0. The topological polar surface area (TPSA) is 148 Å². The zero-order chi connectivity index (χ0) is 22.9. The van der Waals surface area contributed by atoms with Crippen molar-refractivity contribution in [2.75, 3.05) is 7.11 Å². The van der Waals surface area contributed by atoms with Gasteiger partial charge in [0, 0.05) is 0 Å². The molecular formula is C22H15N5O5. The fourth-order valence-electron chi connectivity index (χ4n) is 2.50. The first-order valence-electron chi connectivity index (χ1n) is 9.18. The van der Waals surface area contributed by atoms with E-state index in [2.05, 4.69) is 15.0 Å². The maximum atomic E-state index is 12.5. The van der Waals surface area contributed by atoms with E-state index in [0.29, 0.717) is 0 Å². The molecule has 0 saturated carbocycles. The molecule has 158 valence electrons. The SMILES string of the molecule is COc1nc(C(C#N)C(=O)Oc2ccccc2)nc(C(C#N)C(=O)Oc2ccccc2)n1. The van der Waals surface area contributed by atoms with Crippen molar-refractivity contribution in [2.24, 2.45) is 0 Å². The van der Waals surface area contributed by atoms with E-state index in [-0.39, 0.29) is 29.2 Å². The van der Waals surface area contributed by atoms with Gasteiger partial charge < -0.3 is 14.2 Å². The number of aromatic nitrogens is 3. The van der Waals surface area contributed by atoms with Gasteiger partial charge in [-0.25, -0.2) is 14.6 Å². The van der Waals surface area contributed by atoms with Gasteiger partial charge in [-0.2, -0.15) is 20.5 Å². The minimum absolute atomic E-state index is 0.223. The third-order valence-electron chi connectivity index (χ3n) is 4.00. The van der Waals surface area contributed by atoms with Crippen LogP contribution in [0.5, 0.6) is 17.5 Å². The molecular weight excluding hydrogens is 414 g/mol. The van der Waals surface area contributed by atoms with E-state index in [1.165, 1.54) is 31.4 Å². The summed E-state index contributed by atoms with van der Waals surface area (Å²) in [4.78, 5) is 36.9. The van der Waals surface area contributed by atoms with Crippen molar-refractivity contribution in [3.63, 3.8) is 0 Å². The molecule has 0 aliphatic heterocycles. The smallest absolute Gasteiger partial charge is 0.336 e. The number of rotatable bonds is 7. The summed E-state index contributed by atoms with van der Waals surface area (Å²) in [6.07, 6.45) is 0. The third kappa shape index (κ3) is 5.20. The monoisotopic (exact) mass is 429 g/mol. The van der Waals surface area contributed by atoms with Crippen LogP contribution in [-0.2, 0) is 9.59 Å². The molecule has 1 heterocycles. The summed E-state index contributed by atoms with van der Waals surface area (Å²) in [5, 5.41) is 19.1. The molecule has 10 nitrogen and oxygen atoms in total. The van der Waals surface area contributed by atoms with Crippen LogP contribution < -0.4 is 14.2 Å². The van der Waals surface area contributed by atoms with Gasteiger partial charge in [0.05, 0.1) is 19.2 Å². The quantitative estimate of drug-likeness (QED) is 0.404. The number of ether oxygens (including phenoxy) is 3. The number of esters is 2. The van der Waals surface area contributed by atoms with Crippen LogP contribution in [0.15, 0.2) is 60.7 Å². The summed E-state index contributed by atoms with van der Waals surface area (Å²) >= 11 is 0. The van der Waals surface area contributed by atoms with Gasteiger partial charge in [-0.15, -0.1) is 0 Å². The number of benzene rings is 2. The Morgan fingerprint density at radius 3 is 1.50 bits per heavy atom. The molecule has 0 saturated heterocycles. The molecule has 0 aliphatic carbocycles. The lowest BCUT2D eigenvalue weighted by atomic mass is 10.1. The molecule has 2 unspecified atom stereocenters. The summed E-state index contributed by atoms with van der Waals surface area (Å²) in [5.41, 5.74) is 0. The largest absolute Gasteiger partial charge is 0.467 e. The number of hydrogen-bond acceptors (Lipinski definition) is 10. The van der Waals surface area contributed by atoms with Crippen molar-refractivity contribution >= 4 is 11.9 Å². The average Bonchev–Trinajstić information content (AvgIpc) is 2.81. The Bertz CT molecular complexity index is 1100. The molecule has 10 heteroatoms. The summed E-state index contributed by atoms with van der Waals surface area (Å²) in [5.74, 6) is -5.23. The second-order valence-electron chi connectivity index (χ2n) is 6.13. The Labute approximate surface area is 182 Å². The van der Waals surface area contributed by atoms with Crippen LogP contribution in [0.4, 0.5) is 0 Å². The maximum absolute atomic E-state index is 12.5. The highest BCUT2D eigenvalue weighted by Crippen LogP contribution is 2.22. The minimum Gasteiger partial charge on any atom is -0.467 e. The standard InChI is InChI=1S/C22H15N5O5/c1-30-22-26-18(16(12-23)20(28)31-14-8-4-2-5-9-14)25-19(27-22)17(13-24)21(29)32-15-10-6-3-7-11-15/h2-11,16-17H,1H3. The Hall–Kier alpha value is -4.83. The van der Waals surface area contributed by atoms with Crippen molar-refractivity contribution in [1.82, 2.24) is 15.0 Å². The van der Waals surface area contributed by atoms with Gasteiger partial charge in [0.1, 0.15) is 11.5 Å². The molecule has 0 bridgehead atoms. The third-order valence-corrected chi connectivity index (χ3v) is 4.00. The van der Waals surface area contributed by atoms with Gasteiger partial charge in [-0.1, -0.05) is 36.4 Å². The molecule has 0 fully saturated rings. The summed E-state index contributed by atoms with van der Waals surface area (Å²) in [7, 11) is 1.25. The number of methoxy groups -OCH3 is 1. The van der Waals surface area contributed by atoms with E-state index in [1.807, 2.05) is 0 Å². The summed E-state index contributed by atoms with van der Waals surface area (Å²) in [6, 6.07) is 19.5. The normalized spacial score (nSPS) is 11.8. The van der Waals surface area contributed by atoms with Crippen molar-refractivity contribution in [1.29, 1.82) is 10.5 Å². The fourth-order valence-corrected chi connectivity index (χ4v) is 2.50. The van der Waals surface area contributed by atoms with Crippen LogP contribution in [0.2, 0.25) is 0 Å². The highest BCUT2D eigenvalue weighted by molar-refractivity contribution is 5.83. The molecule has 2 atom stereocenters. The van der Waals surface area contributed by atoms with E-state index in [4.69, 9.17) is 14.2 Å². The van der Waals surface area contributed by atoms with Crippen LogP contribution in [0.25, 0.3) is 0 Å². The van der Waals surface area contributed by atoms with Gasteiger partial charge in [0.2, 0.25) is 11.8 Å². The predicted octanol–water partition coefficient (Wildman–Crippen LogP) is 2.31. The van der Waals surface area contributed by atoms with E-state index >= 15 is 0 Å². The molecule has 3 aromatic rings. The van der Waals surface area contributed by atoms with E-state index in [1.54, 1.807) is 48.5 Å². The van der Waals surface area contributed by atoms with Gasteiger partial charge >= 0.3 is 17.9 Å². The zero-order valence-electron chi connectivity index (χ0n) is 16.7. The molecule has 2 aromatic carbocycles. The molecule has 0 radical (unpaired) electrons. The van der Waals surface area contributed by atoms with E-state index < -0.39 is 23.8 Å². The van der Waals surface area contributed by atoms with Gasteiger partial charge in [0.15, 0.2) is 11.6 Å². The van der Waals surface area contributed by atoms with Crippen LogP contribution in [0, 0.1) is 22.7 Å². The molecule has 0 amide bonds. The lowest BCUT2D eigenvalue weighted by Gasteiger charge is -2.12. The molecule has 1 aromatic heterocycles. The molecule has 0 spiro atoms. The van der Waals surface area contributed by atoms with Crippen LogP contribution in [0.1, 0.15) is 23.5 Å². The van der Waals surface area contributed by atoms with Crippen molar-refractivity contribution in [2.45, 2.75) is 11.8 Å². The van der Waals surface area contributed by atoms with Crippen molar-refractivity contribution in [3.05, 3.63) is 72.3 Å². The van der Waals surface area contributed by atoms with Crippen molar-refractivity contribution in [3.8, 4) is 29.6 Å². The highest BCUT2D eigenvalue weighted by atomic mass is 16.5. The summed E-state index contributed by atoms with van der Waals surface area (Å²) < 4.78 is 15.4. The Morgan fingerprint density at radius 1 is 0.750 bits per heavy atom. The van der Waals surface area contributed by atoms with Crippen LogP contribution >= 0.6 is 0 Å². The minimum atomic E-state index is -1.56. The van der Waals surface area contributed by atoms with E-state index in [0.717, 1.165) is 0 Å². The fraction of sp³-hybridized carbons (Fsp3) is 0.136. The van der Waals surface area contributed by atoms with Gasteiger partial charge in [-0.3, -0.25) is 0 Å². The maximum Gasteiger partial charge on any atom is 0.336 e. The summed E-state index contributed by atoms with van der Waals surface area (Å²) in [6.45, 7) is 0. The second kappa shape index (κ2) is 10.3. The highest BCUT2D eigenvalue weighted by Gasteiger charge is 2.32. The van der Waals surface area contributed by atoms with Gasteiger partial charge in [0.25, 0.3) is 0 Å². The first-order chi connectivity index (χ1) is 15.5. The number of carbonyl (C=O) groups excluding carboxylic acids is 2. The first-order valence-corrected chi connectivity index (χ1v) is 9.18. The Morgan fingerprint density at radius 2 is 1.16 bits per heavy atom. The van der Waals surface area contributed by atoms with Gasteiger partial charge in [-0.05, 0) is 24.3 Å². The lowest BCUT2D eigenvalue weighted by Crippen LogP contribution is -2.24. The molecule has 3 rings (SSSR count). The van der Waals surface area contributed by atoms with Crippen LogP contribution in [0.3, 0.4) is 0 Å². The van der Waals surface area contributed by atoms with Crippen LogP contribution in [-0.4, -0.2) is 34.0 Å². The van der Waals surface area contributed by atoms with Crippen molar-refractivity contribution < 1.29 is 23.8 Å². The van der Waals surface area contributed by atoms with E-state index in [9.17, 15) is 20.1 Å². The molecule has 32 heavy (non-hydrogen) atoms. The zero-order valence-corrected chi connectivity index (χ0v) is 16.7. The number of carbonyl (C=O) groups is 2. The molecule has 0 N–H and O–H groups in total. The Balaban J connectivity index is 1.91. The number of nitrogens with zero attached hydrogens (tertiary/aromatic N) is 5. The second-order valence-corrected chi connectivity index (χ2v) is 6.13. The predicted molar refractivity (Wildman–Crippen MR) is 107 cm³/mol.